The molecular weight excluding hydrogens is 765 g/mol. The topological polar surface area (TPSA) is 78.9 Å². The number of allylic oxidation sites excluding steroid dienone is 1. The number of hydrogen-bond donors (Lipinski definition) is 0. The minimum Gasteiger partial charge on any atom is -0.427 e. The summed E-state index contributed by atoms with van der Waals surface area (Å²) in [6.07, 6.45) is 0.573. The highest BCUT2D eigenvalue weighted by atomic mass is 19.4. The zero-order valence-electron chi connectivity index (χ0n) is 26.7. The van der Waals surface area contributed by atoms with E-state index >= 15 is 0 Å². The van der Waals surface area contributed by atoms with Gasteiger partial charge in [0.25, 0.3) is 0 Å². The summed E-state index contributed by atoms with van der Waals surface area (Å²) in [6, 6.07) is 6.78. The molecule has 0 amide bonds. The monoisotopic (exact) mass is 792 g/mol. The van der Waals surface area contributed by atoms with Crippen LogP contribution >= 0.6 is 0 Å². The summed E-state index contributed by atoms with van der Waals surface area (Å²) >= 11 is 0. The van der Waals surface area contributed by atoms with Crippen molar-refractivity contribution in [3.05, 3.63) is 66.7 Å². The molecule has 0 spiro atoms. The molecule has 2 aromatic carbocycles. The quantitative estimate of drug-likeness (QED) is 0.0464. The number of halogens is 15. The Kier molecular flexibility index (Phi) is 14.1. The minimum atomic E-state index is -8.56. The first-order valence-electron chi connectivity index (χ1n) is 15.0. The molecule has 2 rings (SSSR count). The average Bonchev–Trinajstić information content (AvgIpc) is 3.06. The molecule has 0 aliphatic heterocycles. The summed E-state index contributed by atoms with van der Waals surface area (Å²) < 4.78 is 214. The van der Waals surface area contributed by atoms with E-state index in [1.165, 1.54) is 12.1 Å². The molecule has 53 heavy (non-hydrogen) atoms. The van der Waals surface area contributed by atoms with Gasteiger partial charge in [-0.15, -0.1) is 6.58 Å². The van der Waals surface area contributed by atoms with Crippen LogP contribution in [0, 0.1) is 0 Å². The summed E-state index contributed by atoms with van der Waals surface area (Å²) in [5.41, 5.74) is -0.157. The van der Waals surface area contributed by atoms with Crippen molar-refractivity contribution < 1.29 is 94.5 Å². The van der Waals surface area contributed by atoms with Gasteiger partial charge in [0.2, 0.25) is 0 Å². The number of ether oxygens (including phenoxy) is 3. The number of unbranched alkanes of at least 4 members (excludes halogenated alkanes) is 6. The van der Waals surface area contributed by atoms with Crippen LogP contribution in [0.3, 0.4) is 0 Å². The molecule has 0 aliphatic rings. The molecule has 2 aromatic rings. The van der Waals surface area contributed by atoms with Crippen molar-refractivity contribution in [2.75, 3.05) is 0 Å². The van der Waals surface area contributed by atoms with Crippen LogP contribution in [0.4, 0.5) is 65.9 Å². The second kappa shape index (κ2) is 16.7. The van der Waals surface area contributed by atoms with Crippen LogP contribution in [0.5, 0.6) is 17.2 Å². The molecule has 0 heterocycles. The third kappa shape index (κ3) is 9.56. The standard InChI is InChI=1S/C32H27F15O6/c1-2-3-4-5-6-7-8-9-10-23(48)51-20-13-11-19(12-14-20)24(49)52-21-15-17-22(18-16-21)53-25(50)26(33,34)27(35,36)28(37,38)29(39,40)30(41,42)31(43,44)32(45,46)47/h2,11-18H,1,3-10H2. The molecule has 0 atom stereocenters. The van der Waals surface area contributed by atoms with Crippen LogP contribution in [-0.2, 0) is 9.59 Å². The molecule has 0 radical (unpaired) electrons. The maximum atomic E-state index is 14.1. The molecule has 0 bridgehead atoms. The Labute approximate surface area is 289 Å². The van der Waals surface area contributed by atoms with Gasteiger partial charge in [0.05, 0.1) is 5.56 Å². The molecule has 21 heteroatoms. The van der Waals surface area contributed by atoms with Crippen molar-refractivity contribution in [3.8, 4) is 17.2 Å². The van der Waals surface area contributed by atoms with Crippen LogP contribution in [0.2, 0.25) is 0 Å². The Morgan fingerprint density at radius 2 is 0.906 bits per heavy atom. The Hall–Kier alpha value is -4.46. The highest BCUT2D eigenvalue weighted by molar-refractivity contribution is 5.91. The molecule has 0 unspecified atom stereocenters. The molecule has 0 aromatic heterocycles. The number of carbonyl (C=O) groups is 3. The maximum absolute atomic E-state index is 14.1. The lowest BCUT2D eigenvalue weighted by molar-refractivity contribution is -0.450. The van der Waals surface area contributed by atoms with Gasteiger partial charge in [0, 0.05) is 6.42 Å². The lowest BCUT2D eigenvalue weighted by atomic mass is 9.91. The van der Waals surface area contributed by atoms with Gasteiger partial charge in [0.1, 0.15) is 17.2 Å². The Morgan fingerprint density at radius 1 is 0.509 bits per heavy atom. The van der Waals surface area contributed by atoms with Gasteiger partial charge in [-0.25, -0.2) is 9.59 Å². The van der Waals surface area contributed by atoms with Crippen LogP contribution in [0.25, 0.3) is 0 Å². The summed E-state index contributed by atoms with van der Waals surface area (Å²) in [6.45, 7) is 3.64. The summed E-state index contributed by atoms with van der Waals surface area (Å²) in [4.78, 5) is 36.1. The Bertz CT molecular complexity index is 1570. The molecule has 0 N–H and O–H groups in total. The fourth-order valence-electron chi connectivity index (χ4n) is 4.11. The van der Waals surface area contributed by atoms with E-state index in [-0.39, 0.29) is 17.7 Å². The van der Waals surface area contributed by atoms with E-state index in [2.05, 4.69) is 11.3 Å². The van der Waals surface area contributed by atoms with Crippen molar-refractivity contribution in [2.24, 2.45) is 0 Å². The first-order valence-corrected chi connectivity index (χ1v) is 15.0. The number of rotatable bonds is 19. The summed E-state index contributed by atoms with van der Waals surface area (Å²) in [7, 11) is 0. The lowest BCUT2D eigenvalue weighted by Crippen LogP contribution is -2.73. The van der Waals surface area contributed by atoms with E-state index in [4.69, 9.17) is 9.47 Å². The fourth-order valence-corrected chi connectivity index (χ4v) is 4.11. The normalized spacial score (nSPS) is 13.3. The van der Waals surface area contributed by atoms with Crippen LogP contribution in [0.1, 0.15) is 61.7 Å². The van der Waals surface area contributed by atoms with Crippen molar-refractivity contribution in [2.45, 2.75) is 93.1 Å². The van der Waals surface area contributed by atoms with E-state index in [0.29, 0.717) is 30.7 Å². The van der Waals surface area contributed by atoms with E-state index in [1.807, 2.05) is 6.08 Å². The largest absolute Gasteiger partial charge is 0.460 e. The van der Waals surface area contributed by atoms with Gasteiger partial charge in [-0.3, -0.25) is 4.79 Å². The van der Waals surface area contributed by atoms with Gasteiger partial charge in [-0.05, 0) is 67.8 Å². The van der Waals surface area contributed by atoms with Gasteiger partial charge < -0.3 is 14.2 Å². The van der Waals surface area contributed by atoms with E-state index in [1.54, 1.807) is 0 Å². The summed E-state index contributed by atoms with van der Waals surface area (Å²) in [5.74, 6) is -56.2. The molecular formula is C32H27F15O6. The summed E-state index contributed by atoms with van der Waals surface area (Å²) in [5, 5.41) is 0. The lowest BCUT2D eigenvalue weighted by Gasteiger charge is -2.40. The second-order valence-corrected chi connectivity index (χ2v) is 11.1. The number of carbonyl (C=O) groups excluding carboxylic acids is 3. The number of esters is 3. The van der Waals surface area contributed by atoms with Gasteiger partial charge in [-0.1, -0.05) is 31.8 Å². The molecule has 296 valence electrons. The first-order chi connectivity index (χ1) is 24.2. The highest BCUT2D eigenvalue weighted by Gasteiger charge is 2.94. The van der Waals surface area contributed by atoms with Crippen LogP contribution < -0.4 is 14.2 Å². The van der Waals surface area contributed by atoms with E-state index in [0.717, 1.165) is 50.7 Å². The number of alkyl halides is 15. The Balaban J connectivity index is 2.03. The second-order valence-electron chi connectivity index (χ2n) is 11.1. The predicted octanol–water partition coefficient (Wildman–Crippen LogP) is 10.4. The molecule has 6 nitrogen and oxygen atoms in total. The van der Waals surface area contributed by atoms with Crippen molar-refractivity contribution in [3.63, 3.8) is 0 Å². The van der Waals surface area contributed by atoms with Crippen LogP contribution in [-0.4, -0.2) is 59.6 Å². The van der Waals surface area contributed by atoms with Gasteiger partial charge in [0.15, 0.2) is 0 Å². The van der Waals surface area contributed by atoms with Crippen molar-refractivity contribution in [1.29, 1.82) is 0 Å². The zero-order chi connectivity index (χ0) is 40.7. The SMILES string of the molecule is C=CCCCCCCCCC(=O)Oc1ccc(C(=O)Oc2ccc(OC(=O)C(F)(F)C(F)(F)C(F)(F)C(F)(F)C(F)(F)C(F)(F)C(F)(F)F)cc2)cc1. The molecule has 0 saturated carbocycles. The minimum absolute atomic E-state index is 0.0685. The van der Waals surface area contributed by atoms with E-state index < -0.39 is 71.1 Å². The van der Waals surface area contributed by atoms with Gasteiger partial charge >= 0.3 is 59.6 Å². The van der Waals surface area contributed by atoms with Crippen LogP contribution in [0.15, 0.2) is 61.2 Å². The number of benzene rings is 2. The molecule has 0 aliphatic carbocycles. The smallest absolute Gasteiger partial charge is 0.427 e. The fraction of sp³-hybridized carbons (Fsp3) is 0.469. The van der Waals surface area contributed by atoms with Crippen molar-refractivity contribution in [1.82, 2.24) is 0 Å². The van der Waals surface area contributed by atoms with Gasteiger partial charge in [-0.2, -0.15) is 65.9 Å². The molecule has 0 fully saturated rings. The third-order valence-corrected chi connectivity index (χ3v) is 7.19. The number of hydrogen-bond acceptors (Lipinski definition) is 6. The maximum Gasteiger partial charge on any atom is 0.460 e. The molecule has 0 saturated heterocycles. The zero-order valence-corrected chi connectivity index (χ0v) is 26.7. The predicted molar refractivity (Wildman–Crippen MR) is 152 cm³/mol. The van der Waals surface area contributed by atoms with E-state index in [9.17, 15) is 80.2 Å². The average molecular weight is 793 g/mol. The van der Waals surface area contributed by atoms with Crippen molar-refractivity contribution >= 4 is 17.9 Å². The Morgan fingerprint density at radius 3 is 1.40 bits per heavy atom. The highest BCUT2D eigenvalue weighted by Crippen LogP contribution is 2.62. The third-order valence-electron chi connectivity index (χ3n) is 7.19. The first kappa shape index (κ1) is 44.7.